The van der Waals surface area contributed by atoms with Crippen LogP contribution in [0.25, 0.3) is 86.9 Å². The Bertz CT molecular complexity index is 2890. The van der Waals surface area contributed by atoms with Gasteiger partial charge in [0, 0.05) is 32.0 Å². The summed E-state index contributed by atoms with van der Waals surface area (Å²) in [6.07, 6.45) is 1.55. The van der Waals surface area contributed by atoms with E-state index >= 15 is 0 Å². The lowest BCUT2D eigenvalue weighted by atomic mass is 9.99. The van der Waals surface area contributed by atoms with Crippen molar-refractivity contribution in [2.24, 2.45) is 0 Å². The Balaban J connectivity index is 1.18. The third kappa shape index (κ3) is 4.03. The summed E-state index contributed by atoms with van der Waals surface area (Å²) < 4.78 is 67.5. The number of nitrogens with zero attached hydrogens (tertiary/aromatic N) is 2. The molecule has 0 N–H and O–H groups in total. The zero-order chi connectivity index (χ0) is 35.1. The summed E-state index contributed by atoms with van der Waals surface area (Å²) in [5.74, 6) is 0. The van der Waals surface area contributed by atoms with E-state index in [2.05, 4.69) is 54.6 Å². The second kappa shape index (κ2) is 10.0. The van der Waals surface area contributed by atoms with Crippen molar-refractivity contribution in [3.63, 3.8) is 0 Å². The molecule has 0 unspecified atom stereocenters. The van der Waals surface area contributed by atoms with Crippen LogP contribution in [0.3, 0.4) is 0 Å². The van der Waals surface area contributed by atoms with Gasteiger partial charge in [0.1, 0.15) is 17.5 Å². The Kier molecular flexibility index (Phi) is 4.29. The van der Waals surface area contributed by atoms with Gasteiger partial charge in [0.05, 0.1) is 25.5 Å². The first-order valence-electron chi connectivity index (χ1n) is 17.6. The highest BCUT2D eigenvalue weighted by Gasteiger charge is 2.16. The average Bonchev–Trinajstić information content (AvgIpc) is 3.75. The van der Waals surface area contributed by atoms with E-state index in [1.54, 1.807) is 23.7 Å². The maximum atomic E-state index is 8.89. The van der Waals surface area contributed by atoms with Crippen LogP contribution in [0.5, 0.6) is 0 Å². The minimum Gasteiger partial charge on any atom is -0.455 e. The molecule has 206 valence electrons. The van der Waals surface area contributed by atoms with Crippen molar-refractivity contribution in [2.75, 3.05) is 0 Å². The number of para-hydroxylation sites is 2. The molecule has 0 aliphatic rings. The number of fused-ring (bicyclic) bond motifs is 6. The topological polar surface area (TPSA) is 38.9 Å². The quantitative estimate of drug-likeness (QED) is 0.206. The van der Waals surface area contributed by atoms with Crippen LogP contribution in [-0.4, -0.2) is 9.97 Å². The predicted octanol–water partition coefficient (Wildman–Crippen LogP) is 11.4. The fourth-order valence-corrected chi connectivity index (χ4v) is 6.95. The van der Waals surface area contributed by atoms with Crippen molar-refractivity contribution in [1.82, 2.24) is 9.97 Å². The summed E-state index contributed by atoms with van der Waals surface area (Å²) in [5, 5.41) is 1.13. The fourth-order valence-electron chi connectivity index (χ4n) is 5.80. The Morgan fingerprint density at radius 2 is 1.30 bits per heavy atom. The van der Waals surface area contributed by atoms with Crippen molar-refractivity contribution >= 4 is 53.6 Å². The SMILES string of the molecule is [2H]c1c([2H])c([2H])c2c(oc3c(-c4cccc(-c5ncnc6c5sc5ccc(-c7ccc(-c8ccccc8)cc7)cc56)c4)c([2H])c([2H])c([2H])c32)c1[2H]. The van der Waals surface area contributed by atoms with Crippen molar-refractivity contribution in [2.45, 2.75) is 0 Å². The third-order valence-corrected chi connectivity index (χ3v) is 9.10. The van der Waals surface area contributed by atoms with E-state index in [1.165, 1.54) is 5.56 Å². The average molecular weight is 588 g/mol. The van der Waals surface area contributed by atoms with Gasteiger partial charge in [-0.25, -0.2) is 9.97 Å². The summed E-state index contributed by atoms with van der Waals surface area (Å²) in [5.41, 5.74) is 7.48. The molecular weight excluding hydrogens is 557 g/mol. The molecular formula is C40H24N2OS. The molecule has 0 bridgehead atoms. The van der Waals surface area contributed by atoms with Crippen LogP contribution < -0.4 is 0 Å². The maximum absolute atomic E-state index is 8.89. The number of hydrogen-bond donors (Lipinski definition) is 0. The predicted molar refractivity (Wildman–Crippen MR) is 184 cm³/mol. The summed E-state index contributed by atoms with van der Waals surface area (Å²) in [6.45, 7) is 0. The lowest BCUT2D eigenvalue weighted by Gasteiger charge is -2.07. The first-order chi connectivity index (χ1) is 24.7. The van der Waals surface area contributed by atoms with Gasteiger partial charge in [-0.2, -0.15) is 0 Å². The molecule has 0 aliphatic carbocycles. The standard InChI is InChI=1S/C40H24N2OS/c1-2-8-25(9-3-1)26-16-18-27(19-17-26)28-20-21-36-34(23-28)38-40(44-36)37(41-24-42-38)30-11-6-10-29(22-30)31-13-7-14-33-32-12-4-5-15-35(32)43-39(31)33/h1-24H/i4D,5D,7D,12D,13D,14D,15D. The van der Waals surface area contributed by atoms with Crippen LogP contribution in [0.4, 0.5) is 0 Å². The van der Waals surface area contributed by atoms with Gasteiger partial charge in [-0.1, -0.05) is 115 Å². The zero-order valence-electron chi connectivity index (χ0n) is 30.0. The molecule has 0 radical (unpaired) electrons. The van der Waals surface area contributed by atoms with E-state index < -0.39 is 12.1 Å². The number of rotatable bonds is 4. The fraction of sp³-hybridized carbons (Fsp3) is 0. The number of furan rings is 1. The van der Waals surface area contributed by atoms with Gasteiger partial charge in [-0.3, -0.25) is 0 Å². The van der Waals surface area contributed by atoms with Gasteiger partial charge < -0.3 is 4.42 Å². The molecule has 9 rings (SSSR count). The summed E-state index contributed by atoms with van der Waals surface area (Å²) in [4.78, 5) is 9.39. The van der Waals surface area contributed by atoms with E-state index in [0.717, 1.165) is 42.6 Å². The van der Waals surface area contributed by atoms with E-state index in [4.69, 9.17) is 24.0 Å². The van der Waals surface area contributed by atoms with Crippen LogP contribution in [-0.2, 0) is 0 Å². The second-order valence-corrected chi connectivity index (χ2v) is 11.5. The first-order valence-corrected chi connectivity index (χ1v) is 14.9. The Morgan fingerprint density at radius 3 is 2.18 bits per heavy atom. The van der Waals surface area contributed by atoms with Gasteiger partial charge in [-0.05, 0) is 52.1 Å². The zero-order valence-corrected chi connectivity index (χ0v) is 23.8. The van der Waals surface area contributed by atoms with Crippen molar-refractivity contribution in [1.29, 1.82) is 0 Å². The third-order valence-electron chi connectivity index (χ3n) is 7.94. The molecule has 44 heavy (non-hydrogen) atoms. The van der Waals surface area contributed by atoms with Gasteiger partial charge in [0.15, 0.2) is 0 Å². The van der Waals surface area contributed by atoms with Crippen LogP contribution in [0.1, 0.15) is 9.60 Å². The van der Waals surface area contributed by atoms with Gasteiger partial charge >= 0.3 is 0 Å². The van der Waals surface area contributed by atoms with Crippen LogP contribution in [0.2, 0.25) is 0 Å². The molecule has 3 aromatic heterocycles. The summed E-state index contributed by atoms with van der Waals surface area (Å²) in [7, 11) is 0. The largest absolute Gasteiger partial charge is 0.455 e. The first kappa shape index (κ1) is 18.9. The highest BCUT2D eigenvalue weighted by molar-refractivity contribution is 7.26. The van der Waals surface area contributed by atoms with Crippen molar-refractivity contribution in [3.05, 3.63) is 146 Å². The number of hydrogen-bond acceptors (Lipinski definition) is 4. The molecule has 6 aromatic carbocycles. The minimum atomic E-state index is -0.456. The van der Waals surface area contributed by atoms with Crippen LogP contribution in [0, 0.1) is 0 Å². The normalized spacial score (nSPS) is 13.9. The van der Waals surface area contributed by atoms with E-state index in [0.29, 0.717) is 11.3 Å². The molecule has 0 fully saturated rings. The maximum Gasteiger partial charge on any atom is 0.143 e. The van der Waals surface area contributed by atoms with E-state index in [-0.39, 0.29) is 57.7 Å². The molecule has 3 heterocycles. The number of benzene rings is 6. The number of aromatic nitrogens is 2. The molecule has 0 saturated carbocycles. The molecule has 0 amide bonds. The highest BCUT2D eigenvalue weighted by atomic mass is 32.1. The van der Waals surface area contributed by atoms with Crippen molar-refractivity contribution in [3.8, 4) is 44.6 Å². The molecule has 0 aliphatic heterocycles. The lowest BCUT2D eigenvalue weighted by molar-refractivity contribution is 0.670. The molecule has 0 saturated heterocycles. The Hall–Kier alpha value is -5.58. The van der Waals surface area contributed by atoms with Gasteiger partial charge in [0.2, 0.25) is 0 Å². The molecule has 4 heteroatoms. The highest BCUT2D eigenvalue weighted by Crippen LogP contribution is 2.41. The molecule has 0 spiro atoms. The Morgan fingerprint density at radius 1 is 0.568 bits per heavy atom. The lowest BCUT2D eigenvalue weighted by Crippen LogP contribution is -1.87. The van der Waals surface area contributed by atoms with Crippen molar-refractivity contribution < 1.29 is 14.0 Å². The second-order valence-electron chi connectivity index (χ2n) is 10.5. The molecule has 3 nitrogen and oxygen atoms in total. The minimum absolute atomic E-state index is 0.0289. The van der Waals surface area contributed by atoms with Gasteiger partial charge in [0.25, 0.3) is 0 Å². The summed E-state index contributed by atoms with van der Waals surface area (Å²) >= 11 is 1.59. The molecule has 0 atom stereocenters. The van der Waals surface area contributed by atoms with E-state index in [1.807, 2.05) is 36.4 Å². The van der Waals surface area contributed by atoms with Gasteiger partial charge in [-0.15, -0.1) is 11.3 Å². The van der Waals surface area contributed by atoms with Crippen LogP contribution in [0.15, 0.2) is 150 Å². The Labute approximate surface area is 267 Å². The van der Waals surface area contributed by atoms with Crippen LogP contribution >= 0.6 is 11.3 Å². The monoisotopic (exact) mass is 587 g/mol. The molecule has 9 aromatic rings. The van der Waals surface area contributed by atoms with E-state index in [9.17, 15) is 0 Å². The smallest absolute Gasteiger partial charge is 0.143 e. The number of thiophene rings is 1. The summed E-state index contributed by atoms with van der Waals surface area (Å²) in [6, 6.07) is 30.0.